The zero-order valence-corrected chi connectivity index (χ0v) is 22.0. The van der Waals surface area contributed by atoms with Crippen LogP contribution in [-0.4, -0.2) is 61.6 Å². The summed E-state index contributed by atoms with van der Waals surface area (Å²) in [6.45, 7) is 5.99. The molecular formula is C29H34N2O4S. The summed E-state index contributed by atoms with van der Waals surface area (Å²) >= 11 is 1.72. The van der Waals surface area contributed by atoms with Gasteiger partial charge in [0.05, 0.1) is 12.6 Å². The largest absolute Gasteiger partial charge is 0.491 e. The molecule has 0 saturated heterocycles. The van der Waals surface area contributed by atoms with Crippen molar-refractivity contribution in [2.24, 2.45) is 0 Å². The number of hydrogen-bond acceptors (Lipinski definition) is 5. The van der Waals surface area contributed by atoms with Crippen LogP contribution in [0.4, 0.5) is 0 Å². The molecule has 2 amide bonds. The first kappa shape index (κ1) is 25.9. The van der Waals surface area contributed by atoms with Gasteiger partial charge in [-0.3, -0.25) is 9.59 Å². The SMILES string of the molecule is COCCN(CC(=O)N1CCc2sccc2[C@@H]1COc1ccc(C(C)C)cc1)C(=O)c1ccccc1. The standard InChI is InChI=1S/C29H34N2O4S/c1-21(2)22-9-11-24(12-10-22)35-20-26-25-14-18-36-27(25)13-15-31(26)28(32)19-30(16-17-34-3)29(33)23-7-5-4-6-8-23/h4-12,14,18,21,26H,13,15-17,19-20H2,1-3H3/t26-/m0/s1. The van der Waals surface area contributed by atoms with Crippen molar-refractivity contribution in [1.29, 1.82) is 0 Å². The maximum absolute atomic E-state index is 13.6. The maximum Gasteiger partial charge on any atom is 0.254 e. The van der Waals surface area contributed by atoms with Gasteiger partial charge in [-0.25, -0.2) is 0 Å². The second-order valence-corrected chi connectivity index (χ2v) is 10.3. The van der Waals surface area contributed by atoms with Gasteiger partial charge in [0, 0.05) is 30.6 Å². The monoisotopic (exact) mass is 506 g/mol. The smallest absolute Gasteiger partial charge is 0.254 e. The Morgan fingerprint density at radius 1 is 1.08 bits per heavy atom. The fourth-order valence-electron chi connectivity index (χ4n) is 4.47. The fourth-order valence-corrected chi connectivity index (χ4v) is 5.40. The highest BCUT2D eigenvalue weighted by molar-refractivity contribution is 7.10. The molecule has 0 unspecified atom stereocenters. The molecule has 0 N–H and O–H groups in total. The molecule has 1 atom stereocenters. The lowest BCUT2D eigenvalue weighted by atomic mass is 10.00. The number of ether oxygens (including phenoxy) is 2. The van der Waals surface area contributed by atoms with Crippen LogP contribution in [0.1, 0.15) is 52.2 Å². The van der Waals surface area contributed by atoms with Crippen LogP contribution in [0.25, 0.3) is 0 Å². The van der Waals surface area contributed by atoms with E-state index in [1.54, 1.807) is 35.5 Å². The topological polar surface area (TPSA) is 59.1 Å². The molecule has 7 heteroatoms. The number of amides is 2. The number of thiophene rings is 1. The number of carbonyl (C=O) groups excluding carboxylic acids is 2. The molecule has 1 aliphatic rings. The number of benzene rings is 2. The van der Waals surface area contributed by atoms with Crippen molar-refractivity contribution in [3.05, 3.63) is 87.6 Å². The van der Waals surface area contributed by atoms with Gasteiger partial charge in [0.15, 0.2) is 0 Å². The molecule has 0 fully saturated rings. The van der Waals surface area contributed by atoms with E-state index in [4.69, 9.17) is 9.47 Å². The number of carbonyl (C=O) groups is 2. The molecule has 4 rings (SSSR count). The highest BCUT2D eigenvalue weighted by Crippen LogP contribution is 2.34. The molecule has 6 nitrogen and oxygen atoms in total. The average molecular weight is 507 g/mol. The molecular weight excluding hydrogens is 472 g/mol. The van der Waals surface area contributed by atoms with Crippen LogP contribution < -0.4 is 4.74 Å². The Labute approximate surface area is 217 Å². The van der Waals surface area contributed by atoms with Gasteiger partial charge in [0.1, 0.15) is 18.9 Å². The van der Waals surface area contributed by atoms with E-state index in [2.05, 4.69) is 37.4 Å². The summed E-state index contributed by atoms with van der Waals surface area (Å²) in [5.41, 5.74) is 2.96. The van der Waals surface area contributed by atoms with Crippen LogP contribution in [0.2, 0.25) is 0 Å². The van der Waals surface area contributed by atoms with E-state index in [9.17, 15) is 9.59 Å². The van der Waals surface area contributed by atoms with E-state index in [-0.39, 0.29) is 24.4 Å². The van der Waals surface area contributed by atoms with Crippen LogP contribution >= 0.6 is 11.3 Å². The summed E-state index contributed by atoms with van der Waals surface area (Å²) in [7, 11) is 1.59. The van der Waals surface area contributed by atoms with Gasteiger partial charge >= 0.3 is 0 Å². The van der Waals surface area contributed by atoms with Crippen LogP contribution in [0.3, 0.4) is 0 Å². The summed E-state index contributed by atoms with van der Waals surface area (Å²) in [5, 5.41) is 2.08. The van der Waals surface area contributed by atoms with Crippen molar-refractivity contribution in [2.75, 3.05) is 40.0 Å². The number of methoxy groups -OCH3 is 1. The third-order valence-corrected chi connectivity index (χ3v) is 7.57. The molecule has 3 aromatic rings. The molecule has 2 heterocycles. The Kier molecular flexibility index (Phi) is 8.78. The van der Waals surface area contributed by atoms with E-state index in [0.717, 1.165) is 17.7 Å². The van der Waals surface area contributed by atoms with Gasteiger partial charge in [-0.2, -0.15) is 0 Å². The molecule has 0 radical (unpaired) electrons. The van der Waals surface area contributed by atoms with Crippen molar-refractivity contribution in [2.45, 2.75) is 32.2 Å². The summed E-state index contributed by atoms with van der Waals surface area (Å²) in [6.07, 6.45) is 0.809. The van der Waals surface area contributed by atoms with Crippen molar-refractivity contribution < 1.29 is 19.1 Å². The van der Waals surface area contributed by atoms with Crippen molar-refractivity contribution in [1.82, 2.24) is 9.80 Å². The molecule has 0 bridgehead atoms. The molecule has 0 aliphatic carbocycles. The van der Waals surface area contributed by atoms with E-state index < -0.39 is 0 Å². The van der Waals surface area contributed by atoms with E-state index >= 15 is 0 Å². The minimum Gasteiger partial charge on any atom is -0.491 e. The van der Waals surface area contributed by atoms with Gasteiger partial charge in [0.25, 0.3) is 5.91 Å². The first-order chi connectivity index (χ1) is 17.5. The average Bonchev–Trinajstić information content (AvgIpc) is 3.39. The molecule has 0 spiro atoms. The minimum atomic E-state index is -0.201. The second kappa shape index (κ2) is 12.2. The Hall–Kier alpha value is -3.16. The van der Waals surface area contributed by atoms with Gasteiger partial charge in [-0.05, 0) is 59.2 Å². The number of hydrogen-bond donors (Lipinski definition) is 0. The lowest BCUT2D eigenvalue weighted by molar-refractivity contribution is -0.135. The lowest BCUT2D eigenvalue weighted by Gasteiger charge is -2.37. The van der Waals surface area contributed by atoms with Crippen LogP contribution in [-0.2, 0) is 16.0 Å². The van der Waals surface area contributed by atoms with Crippen LogP contribution in [0.5, 0.6) is 5.75 Å². The van der Waals surface area contributed by atoms with Gasteiger partial charge < -0.3 is 19.3 Å². The molecule has 190 valence electrons. The van der Waals surface area contributed by atoms with Crippen molar-refractivity contribution >= 4 is 23.2 Å². The number of rotatable bonds is 10. The minimum absolute atomic E-state index is 0.00383. The summed E-state index contributed by atoms with van der Waals surface area (Å²) in [5.74, 6) is 0.983. The van der Waals surface area contributed by atoms with Crippen molar-refractivity contribution in [3.63, 3.8) is 0 Å². The van der Waals surface area contributed by atoms with Gasteiger partial charge in [-0.15, -0.1) is 11.3 Å². The third-order valence-electron chi connectivity index (χ3n) is 6.57. The predicted octanol–water partition coefficient (Wildman–Crippen LogP) is 5.17. The summed E-state index contributed by atoms with van der Waals surface area (Å²) in [4.78, 5) is 31.5. The quantitative estimate of drug-likeness (QED) is 0.381. The Balaban J connectivity index is 1.50. The first-order valence-corrected chi connectivity index (χ1v) is 13.3. The normalized spacial score (nSPS) is 15.0. The van der Waals surface area contributed by atoms with Gasteiger partial charge in [-0.1, -0.05) is 44.2 Å². The number of fused-ring (bicyclic) bond motifs is 1. The van der Waals surface area contributed by atoms with E-state index in [0.29, 0.717) is 37.8 Å². The molecule has 0 saturated carbocycles. The van der Waals surface area contributed by atoms with Gasteiger partial charge in [0.2, 0.25) is 5.91 Å². The zero-order valence-electron chi connectivity index (χ0n) is 21.2. The molecule has 1 aromatic heterocycles. The highest BCUT2D eigenvalue weighted by Gasteiger charge is 2.33. The van der Waals surface area contributed by atoms with Crippen LogP contribution in [0, 0.1) is 0 Å². The Morgan fingerprint density at radius 3 is 2.53 bits per heavy atom. The van der Waals surface area contributed by atoms with E-state index in [1.807, 2.05) is 35.2 Å². The Bertz CT molecular complexity index is 1140. The molecule has 1 aliphatic heterocycles. The maximum atomic E-state index is 13.6. The van der Waals surface area contributed by atoms with E-state index in [1.165, 1.54) is 10.4 Å². The van der Waals surface area contributed by atoms with Crippen molar-refractivity contribution in [3.8, 4) is 5.75 Å². The molecule has 36 heavy (non-hydrogen) atoms. The number of nitrogens with zero attached hydrogens (tertiary/aromatic N) is 2. The highest BCUT2D eigenvalue weighted by atomic mass is 32.1. The fraction of sp³-hybridized carbons (Fsp3) is 0.379. The lowest BCUT2D eigenvalue weighted by Crippen LogP contribution is -2.48. The molecule has 2 aromatic carbocycles. The second-order valence-electron chi connectivity index (χ2n) is 9.27. The summed E-state index contributed by atoms with van der Waals surface area (Å²) in [6, 6.07) is 19.1. The third kappa shape index (κ3) is 6.15. The zero-order chi connectivity index (χ0) is 25.5. The summed E-state index contributed by atoms with van der Waals surface area (Å²) < 4.78 is 11.4. The van der Waals surface area contributed by atoms with Crippen LogP contribution in [0.15, 0.2) is 66.0 Å². The Morgan fingerprint density at radius 2 is 1.83 bits per heavy atom. The first-order valence-electron chi connectivity index (χ1n) is 12.4. The predicted molar refractivity (Wildman–Crippen MR) is 143 cm³/mol.